The van der Waals surface area contributed by atoms with Crippen LogP contribution in [0.4, 0.5) is 5.82 Å². The number of fused-ring (bicyclic) bond motifs is 1. The van der Waals surface area contributed by atoms with Crippen LogP contribution >= 0.6 is 0 Å². The Morgan fingerprint density at radius 3 is 2.83 bits per heavy atom. The van der Waals surface area contributed by atoms with Crippen molar-refractivity contribution in [2.45, 2.75) is 45.1 Å². The number of hydrogen-bond acceptors (Lipinski definition) is 5. The Morgan fingerprint density at radius 2 is 2.07 bits per heavy atom. The van der Waals surface area contributed by atoms with E-state index in [4.69, 9.17) is 4.52 Å². The van der Waals surface area contributed by atoms with Gasteiger partial charge in [0.25, 0.3) is 11.6 Å². The fourth-order valence-electron chi connectivity index (χ4n) is 3.71. The lowest BCUT2D eigenvalue weighted by Gasteiger charge is -2.11. The third-order valence-corrected chi connectivity index (χ3v) is 5.40. The van der Waals surface area contributed by atoms with Crippen molar-refractivity contribution < 1.29 is 9.32 Å². The van der Waals surface area contributed by atoms with Crippen LogP contribution in [0, 0.1) is 0 Å². The predicted molar refractivity (Wildman–Crippen MR) is 113 cm³/mol. The van der Waals surface area contributed by atoms with Crippen LogP contribution in [-0.2, 0) is 13.0 Å². The Hall–Kier alpha value is -3.48. The number of rotatable bonds is 7. The van der Waals surface area contributed by atoms with Gasteiger partial charge in [-0.3, -0.25) is 4.79 Å². The molecule has 4 aromatic rings. The first kappa shape index (κ1) is 18.5. The number of anilines is 1. The third kappa shape index (κ3) is 3.58. The van der Waals surface area contributed by atoms with E-state index in [2.05, 4.69) is 27.5 Å². The first-order valence-electron chi connectivity index (χ1n) is 10.4. The highest BCUT2D eigenvalue weighted by Crippen LogP contribution is 2.40. The molecule has 3 heterocycles. The first-order chi connectivity index (χ1) is 14.7. The van der Waals surface area contributed by atoms with Crippen LogP contribution in [0.25, 0.3) is 11.1 Å². The number of carbonyl (C=O) groups is 1. The largest absolute Gasteiger partial charge is 0.336 e. The number of amides is 1. The molecule has 1 amide bonds. The predicted octanol–water partition coefficient (Wildman–Crippen LogP) is 4.55. The van der Waals surface area contributed by atoms with Gasteiger partial charge in [-0.15, -0.1) is 0 Å². The Balaban J connectivity index is 1.48. The fraction of sp³-hybridized carbons (Fsp3) is 0.304. The second-order valence-corrected chi connectivity index (χ2v) is 7.74. The van der Waals surface area contributed by atoms with Crippen molar-refractivity contribution in [2.24, 2.45) is 0 Å². The molecule has 1 fully saturated rings. The standard InChI is InChI=1S/C23H23N5O2/c1-2-6-18-21-17(13-19(16-9-10-16)25-23(21)30-27-18)22(29)26-20-11-12-24-28(20)14-15-7-4-3-5-8-15/h3-5,7-8,11-13,16H,2,6,9-10,14H2,1H3,(H,26,29). The van der Waals surface area contributed by atoms with E-state index in [1.54, 1.807) is 10.9 Å². The van der Waals surface area contributed by atoms with E-state index < -0.39 is 0 Å². The van der Waals surface area contributed by atoms with Crippen LogP contribution in [0.3, 0.4) is 0 Å². The quantitative estimate of drug-likeness (QED) is 0.491. The summed E-state index contributed by atoms with van der Waals surface area (Å²) < 4.78 is 7.28. The summed E-state index contributed by atoms with van der Waals surface area (Å²) in [6.45, 7) is 2.66. The maximum atomic E-state index is 13.3. The van der Waals surface area contributed by atoms with Gasteiger partial charge >= 0.3 is 0 Å². The number of nitrogens with zero attached hydrogens (tertiary/aromatic N) is 4. The van der Waals surface area contributed by atoms with Gasteiger partial charge < -0.3 is 9.84 Å². The van der Waals surface area contributed by atoms with Gasteiger partial charge in [0.05, 0.1) is 29.4 Å². The molecule has 5 rings (SSSR count). The SMILES string of the molecule is CCCc1noc2nc(C3CC3)cc(C(=O)Nc3ccnn3Cc3ccccc3)c12. The third-order valence-electron chi connectivity index (χ3n) is 5.40. The molecule has 0 spiro atoms. The molecule has 0 aliphatic heterocycles. The Bertz CT molecular complexity index is 1190. The second-order valence-electron chi connectivity index (χ2n) is 7.74. The van der Waals surface area contributed by atoms with Crippen molar-refractivity contribution in [3.05, 3.63) is 71.2 Å². The molecule has 7 heteroatoms. The summed E-state index contributed by atoms with van der Waals surface area (Å²) in [5, 5.41) is 12.3. The summed E-state index contributed by atoms with van der Waals surface area (Å²) in [5.74, 6) is 0.860. The molecule has 0 bridgehead atoms. The molecule has 3 aromatic heterocycles. The Labute approximate surface area is 174 Å². The number of hydrogen-bond donors (Lipinski definition) is 1. The van der Waals surface area contributed by atoms with Crippen molar-refractivity contribution in [3.63, 3.8) is 0 Å². The zero-order valence-electron chi connectivity index (χ0n) is 16.8. The van der Waals surface area contributed by atoms with Crippen LogP contribution in [-0.4, -0.2) is 25.8 Å². The summed E-state index contributed by atoms with van der Waals surface area (Å²) in [6, 6.07) is 13.8. The van der Waals surface area contributed by atoms with Gasteiger partial charge in [-0.05, 0) is 30.9 Å². The average molecular weight is 401 g/mol. The lowest BCUT2D eigenvalue weighted by atomic mass is 10.1. The molecule has 1 aliphatic carbocycles. The smallest absolute Gasteiger partial charge is 0.259 e. The van der Waals surface area contributed by atoms with E-state index in [1.165, 1.54) is 0 Å². The zero-order valence-corrected chi connectivity index (χ0v) is 16.8. The topological polar surface area (TPSA) is 85.8 Å². The highest BCUT2D eigenvalue weighted by Gasteiger charge is 2.29. The van der Waals surface area contributed by atoms with Gasteiger partial charge in [-0.1, -0.05) is 48.8 Å². The number of benzene rings is 1. The lowest BCUT2D eigenvalue weighted by Crippen LogP contribution is -2.17. The molecular formula is C23H23N5O2. The van der Waals surface area contributed by atoms with Crippen molar-refractivity contribution in [1.29, 1.82) is 0 Å². The van der Waals surface area contributed by atoms with Gasteiger partial charge in [0.15, 0.2) is 0 Å². The summed E-state index contributed by atoms with van der Waals surface area (Å²) >= 11 is 0. The molecular weight excluding hydrogens is 378 g/mol. The molecule has 1 N–H and O–H groups in total. The summed E-state index contributed by atoms with van der Waals surface area (Å²) in [7, 11) is 0. The number of aryl methyl sites for hydroxylation is 1. The molecule has 0 unspecified atom stereocenters. The number of aromatic nitrogens is 4. The Kier molecular flexibility index (Phi) is 4.78. The van der Waals surface area contributed by atoms with Gasteiger partial charge in [0, 0.05) is 17.7 Å². The van der Waals surface area contributed by atoms with Crippen molar-refractivity contribution in [1.82, 2.24) is 19.9 Å². The van der Waals surface area contributed by atoms with Crippen molar-refractivity contribution in [2.75, 3.05) is 5.32 Å². The minimum atomic E-state index is -0.195. The second kappa shape index (κ2) is 7.74. The molecule has 30 heavy (non-hydrogen) atoms. The lowest BCUT2D eigenvalue weighted by molar-refractivity contribution is 0.102. The van der Waals surface area contributed by atoms with Gasteiger partial charge in [-0.25, -0.2) is 9.67 Å². The minimum absolute atomic E-state index is 0.195. The summed E-state index contributed by atoms with van der Waals surface area (Å²) in [6.07, 6.45) is 5.54. The molecule has 1 aliphatic rings. The molecule has 0 atom stereocenters. The molecule has 1 aromatic carbocycles. The maximum absolute atomic E-state index is 13.3. The molecule has 7 nitrogen and oxygen atoms in total. The first-order valence-corrected chi connectivity index (χ1v) is 10.4. The van der Waals surface area contributed by atoms with Crippen LogP contribution < -0.4 is 5.32 Å². The fourth-order valence-corrected chi connectivity index (χ4v) is 3.71. The number of nitrogens with one attached hydrogen (secondary N) is 1. The van der Waals surface area contributed by atoms with E-state index in [1.807, 2.05) is 42.5 Å². The van der Waals surface area contributed by atoms with E-state index >= 15 is 0 Å². The van der Waals surface area contributed by atoms with Crippen molar-refractivity contribution >= 4 is 22.8 Å². The maximum Gasteiger partial charge on any atom is 0.259 e. The van der Waals surface area contributed by atoms with Gasteiger partial charge in [0.2, 0.25) is 0 Å². The highest BCUT2D eigenvalue weighted by molar-refractivity contribution is 6.12. The molecule has 152 valence electrons. The van der Waals surface area contributed by atoms with Gasteiger partial charge in [0.1, 0.15) is 5.82 Å². The van der Waals surface area contributed by atoms with Crippen LogP contribution in [0.1, 0.15) is 59.4 Å². The van der Waals surface area contributed by atoms with Gasteiger partial charge in [-0.2, -0.15) is 5.10 Å². The van der Waals surface area contributed by atoms with E-state index in [9.17, 15) is 4.79 Å². The summed E-state index contributed by atoms with van der Waals surface area (Å²) in [5.41, 5.74) is 3.82. The van der Waals surface area contributed by atoms with E-state index in [-0.39, 0.29) is 5.91 Å². The monoisotopic (exact) mass is 401 g/mol. The normalized spacial score (nSPS) is 13.6. The zero-order chi connectivity index (χ0) is 20.5. The number of pyridine rings is 1. The minimum Gasteiger partial charge on any atom is -0.336 e. The van der Waals surface area contributed by atoms with Crippen molar-refractivity contribution in [3.8, 4) is 0 Å². The van der Waals surface area contributed by atoms with E-state index in [0.717, 1.165) is 42.6 Å². The summed E-state index contributed by atoms with van der Waals surface area (Å²) in [4.78, 5) is 18.0. The van der Waals surface area contributed by atoms with Crippen LogP contribution in [0.5, 0.6) is 0 Å². The number of carbonyl (C=O) groups excluding carboxylic acids is 1. The molecule has 0 radical (unpaired) electrons. The van der Waals surface area contributed by atoms with Crippen LogP contribution in [0.15, 0.2) is 53.2 Å². The molecule has 0 saturated heterocycles. The van der Waals surface area contributed by atoms with Crippen LogP contribution in [0.2, 0.25) is 0 Å². The Morgan fingerprint density at radius 1 is 1.23 bits per heavy atom. The molecule has 1 saturated carbocycles. The highest BCUT2D eigenvalue weighted by atomic mass is 16.5. The van der Waals surface area contributed by atoms with E-state index in [0.29, 0.717) is 34.9 Å². The average Bonchev–Trinajstić information content (AvgIpc) is 3.42.